The fraction of sp³-hybridized carbons (Fsp3) is 0.421. The monoisotopic (exact) mass is 343 g/mol. The lowest BCUT2D eigenvalue weighted by atomic mass is 9.75. The number of hydrogen-bond donors (Lipinski definition) is 1. The van der Waals surface area contributed by atoms with Gasteiger partial charge in [0.2, 0.25) is 0 Å². The Morgan fingerprint density at radius 2 is 2.04 bits per heavy atom. The number of halogens is 1. The Bertz CT molecular complexity index is 733. The third-order valence-corrected chi connectivity index (χ3v) is 4.78. The second-order valence-electron chi connectivity index (χ2n) is 6.83. The van der Waals surface area contributed by atoms with Gasteiger partial charge in [0.25, 0.3) is 5.91 Å². The number of hydrogen-bond acceptors (Lipinski definition) is 4. The second kappa shape index (κ2) is 7.27. The first-order valence-corrected chi connectivity index (χ1v) is 8.45. The lowest BCUT2D eigenvalue weighted by molar-refractivity contribution is 0.0267. The van der Waals surface area contributed by atoms with Crippen molar-refractivity contribution >= 4 is 5.91 Å². The molecule has 0 radical (unpaired) electrons. The summed E-state index contributed by atoms with van der Waals surface area (Å²) in [5.41, 5.74) is 1.63. The summed E-state index contributed by atoms with van der Waals surface area (Å²) in [5, 5.41) is 10.0. The summed E-state index contributed by atoms with van der Waals surface area (Å²) < 4.78 is 13.1. The first-order chi connectivity index (χ1) is 12.0. The van der Waals surface area contributed by atoms with E-state index < -0.39 is 5.41 Å². The summed E-state index contributed by atoms with van der Waals surface area (Å²) in [6.45, 7) is 2.89. The van der Waals surface area contributed by atoms with Gasteiger partial charge >= 0.3 is 0 Å². The highest BCUT2D eigenvalue weighted by Crippen LogP contribution is 2.34. The Balaban J connectivity index is 1.76. The third kappa shape index (κ3) is 4.02. The van der Waals surface area contributed by atoms with Crippen LogP contribution in [0.2, 0.25) is 0 Å². The zero-order valence-electron chi connectivity index (χ0n) is 14.3. The molecule has 0 spiro atoms. The molecule has 1 saturated heterocycles. The van der Waals surface area contributed by atoms with Crippen molar-refractivity contribution in [2.75, 3.05) is 19.7 Å². The van der Waals surface area contributed by atoms with Crippen LogP contribution in [0.1, 0.15) is 34.6 Å². The zero-order chi connectivity index (χ0) is 17.9. The molecule has 1 aromatic heterocycles. The normalized spacial score (nSPS) is 20.5. The van der Waals surface area contributed by atoms with Gasteiger partial charge in [-0.15, -0.1) is 0 Å². The van der Waals surface area contributed by atoms with E-state index >= 15 is 0 Å². The molecular weight excluding hydrogens is 321 g/mol. The molecule has 1 fully saturated rings. The van der Waals surface area contributed by atoms with Gasteiger partial charge in [-0.05, 0) is 43.9 Å². The van der Waals surface area contributed by atoms with Crippen molar-refractivity contribution < 1.29 is 14.3 Å². The summed E-state index contributed by atoms with van der Waals surface area (Å²) in [7, 11) is 0. The molecule has 1 aromatic carbocycles. The van der Waals surface area contributed by atoms with Crippen molar-refractivity contribution in [1.29, 1.82) is 0 Å². The van der Waals surface area contributed by atoms with E-state index in [-0.39, 0.29) is 18.3 Å². The number of likely N-dealkylation sites (tertiary alicyclic amines) is 1. The number of piperidine rings is 1. The van der Waals surface area contributed by atoms with Crippen molar-refractivity contribution in [2.45, 2.75) is 26.2 Å². The minimum atomic E-state index is -0.413. The highest BCUT2D eigenvalue weighted by atomic mass is 19.1. The van der Waals surface area contributed by atoms with Gasteiger partial charge in [-0.25, -0.2) is 9.37 Å². The van der Waals surface area contributed by atoms with Crippen molar-refractivity contribution in [3.63, 3.8) is 0 Å². The molecule has 1 aliphatic rings. The number of rotatable bonds is 4. The van der Waals surface area contributed by atoms with Crippen LogP contribution in [0.4, 0.5) is 4.39 Å². The van der Waals surface area contributed by atoms with Crippen LogP contribution in [0.3, 0.4) is 0 Å². The Labute approximate surface area is 146 Å². The van der Waals surface area contributed by atoms with E-state index in [1.165, 1.54) is 18.3 Å². The molecule has 1 aliphatic heterocycles. The van der Waals surface area contributed by atoms with Crippen LogP contribution in [0.5, 0.6) is 0 Å². The van der Waals surface area contributed by atoms with Gasteiger partial charge in [0.05, 0.1) is 18.5 Å². The average molecular weight is 343 g/mol. The number of benzene rings is 1. The van der Waals surface area contributed by atoms with Crippen molar-refractivity contribution in [3.8, 4) is 0 Å². The van der Waals surface area contributed by atoms with E-state index in [0.717, 1.165) is 24.1 Å². The van der Waals surface area contributed by atoms with Crippen molar-refractivity contribution in [1.82, 2.24) is 14.9 Å². The number of aromatic nitrogens is 2. The molecule has 2 aromatic rings. The van der Waals surface area contributed by atoms with Crippen molar-refractivity contribution in [2.24, 2.45) is 5.41 Å². The predicted octanol–water partition coefficient (Wildman–Crippen LogP) is 2.38. The molecule has 0 saturated carbocycles. The minimum Gasteiger partial charge on any atom is -0.396 e. The summed E-state index contributed by atoms with van der Waals surface area (Å²) >= 11 is 0. The van der Waals surface area contributed by atoms with E-state index in [2.05, 4.69) is 9.97 Å². The first-order valence-electron chi connectivity index (χ1n) is 8.45. The zero-order valence-corrected chi connectivity index (χ0v) is 14.3. The molecule has 5 nitrogen and oxygen atoms in total. The molecule has 2 heterocycles. The topological polar surface area (TPSA) is 66.3 Å². The van der Waals surface area contributed by atoms with Crippen molar-refractivity contribution in [3.05, 3.63) is 59.4 Å². The van der Waals surface area contributed by atoms with Crippen LogP contribution in [-0.2, 0) is 6.42 Å². The Morgan fingerprint density at radius 3 is 2.68 bits per heavy atom. The van der Waals surface area contributed by atoms with Crippen LogP contribution in [0, 0.1) is 18.2 Å². The van der Waals surface area contributed by atoms with E-state index in [4.69, 9.17) is 0 Å². The third-order valence-electron chi connectivity index (χ3n) is 4.78. The number of nitrogens with zero attached hydrogens (tertiary/aromatic N) is 3. The smallest absolute Gasteiger partial charge is 0.274 e. The molecule has 1 unspecified atom stereocenters. The summed E-state index contributed by atoms with van der Waals surface area (Å²) in [6.07, 6.45) is 5.31. The number of aryl methyl sites for hydroxylation is 1. The SMILES string of the molecule is Cc1cnc(C(=O)N2CCCC(CO)(Cc3ccc(F)cc3)C2)cn1. The van der Waals surface area contributed by atoms with Gasteiger partial charge < -0.3 is 10.0 Å². The maximum atomic E-state index is 13.1. The highest BCUT2D eigenvalue weighted by Gasteiger charge is 2.37. The van der Waals surface area contributed by atoms with Crippen LogP contribution in [-0.4, -0.2) is 45.6 Å². The fourth-order valence-electron chi connectivity index (χ4n) is 3.41. The quantitative estimate of drug-likeness (QED) is 0.926. The van der Waals surface area contributed by atoms with Crippen LogP contribution in [0.25, 0.3) is 0 Å². The molecule has 3 rings (SSSR count). The molecule has 0 aliphatic carbocycles. The first kappa shape index (κ1) is 17.5. The predicted molar refractivity (Wildman–Crippen MR) is 91.5 cm³/mol. The fourth-order valence-corrected chi connectivity index (χ4v) is 3.41. The minimum absolute atomic E-state index is 0.0201. The van der Waals surface area contributed by atoms with Gasteiger partial charge in [0, 0.05) is 24.7 Å². The summed E-state index contributed by atoms with van der Waals surface area (Å²) in [6, 6.07) is 6.32. The van der Waals surface area contributed by atoms with Gasteiger partial charge in [0.15, 0.2) is 0 Å². The van der Waals surface area contributed by atoms with E-state index in [9.17, 15) is 14.3 Å². The molecule has 25 heavy (non-hydrogen) atoms. The molecule has 132 valence electrons. The molecule has 1 amide bonds. The lowest BCUT2D eigenvalue weighted by Crippen LogP contribution is -2.49. The number of aliphatic hydroxyl groups excluding tert-OH is 1. The average Bonchev–Trinajstić information content (AvgIpc) is 2.64. The number of carbonyl (C=O) groups is 1. The maximum absolute atomic E-state index is 13.1. The number of carbonyl (C=O) groups excluding carboxylic acids is 1. The van der Waals surface area contributed by atoms with Gasteiger partial charge in [-0.3, -0.25) is 9.78 Å². The molecule has 0 bridgehead atoms. The molecular formula is C19H22FN3O2. The number of amides is 1. The molecule has 1 atom stereocenters. The Kier molecular flexibility index (Phi) is 5.08. The van der Waals surface area contributed by atoms with E-state index in [1.54, 1.807) is 23.2 Å². The van der Waals surface area contributed by atoms with Gasteiger partial charge in [0.1, 0.15) is 11.5 Å². The van der Waals surface area contributed by atoms with Gasteiger partial charge in [-0.2, -0.15) is 0 Å². The lowest BCUT2D eigenvalue weighted by Gasteiger charge is -2.42. The highest BCUT2D eigenvalue weighted by molar-refractivity contribution is 5.92. The molecule has 1 N–H and O–H groups in total. The van der Waals surface area contributed by atoms with Crippen LogP contribution in [0.15, 0.2) is 36.7 Å². The van der Waals surface area contributed by atoms with Crippen LogP contribution >= 0.6 is 0 Å². The largest absolute Gasteiger partial charge is 0.396 e. The van der Waals surface area contributed by atoms with Crippen LogP contribution < -0.4 is 0 Å². The summed E-state index contributed by atoms with van der Waals surface area (Å²) in [4.78, 5) is 22.7. The standard InChI is InChI=1S/C19H22FN3O2/c1-14-10-22-17(11-21-14)18(25)23-8-2-7-19(12-23,13-24)9-15-3-5-16(20)6-4-15/h3-6,10-11,24H,2,7-9,12-13H2,1H3. The maximum Gasteiger partial charge on any atom is 0.274 e. The molecule has 6 heteroatoms. The second-order valence-corrected chi connectivity index (χ2v) is 6.83. The summed E-state index contributed by atoms with van der Waals surface area (Å²) in [5.74, 6) is -0.440. The van der Waals surface area contributed by atoms with E-state index in [0.29, 0.717) is 25.2 Å². The Hall–Kier alpha value is -2.34. The van der Waals surface area contributed by atoms with Gasteiger partial charge in [-0.1, -0.05) is 12.1 Å². The number of aliphatic hydroxyl groups is 1. The van der Waals surface area contributed by atoms with E-state index in [1.807, 2.05) is 6.92 Å². The Morgan fingerprint density at radius 1 is 1.28 bits per heavy atom.